The Bertz CT molecular complexity index is 861. The normalized spacial score (nSPS) is 31.1. The maximum Gasteiger partial charge on any atom is 0.274 e. The van der Waals surface area contributed by atoms with Gasteiger partial charge in [-0.3, -0.25) is 9.59 Å². The van der Waals surface area contributed by atoms with Gasteiger partial charge in [0.2, 0.25) is 0 Å². The Balaban J connectivity index is 1.29. The van der Waals surface area contributed by atoms with Crippen LogP contribution in [0.4, 0.5) is 0 Å². The quantitative estimate of drug-likeness (QED) is 0.843. The van der Waals surface area contributed by atoms with Crippen molar-refractivity contribution in [3.63, 3.8) is 0 Å². The van der Waals surface area contributed by atoms with E-state index in [-0.39, 0.29) is 35.4 Å². The van der Waals surface area contributed by atoms with Crippen LogP contribution in [0.25, 0.3) is 0 Å². The van der Waals surface area contributed by atoms with Crippen LogP contribution in [-0.2, 0) is 4.74 Å². The smallest absolute Gasteiger partial charge is 0.274 e. The summed E-state index contributed by atoms with van der Waals surface area (Å²) in [7, 11) is 0. The van der Waals surface area contributed by atoms with Gasteiger partial charge in [-0.1, -0.05) is 0 Å². The first-order valence-corrected chi connectivity index (χ1v) is 10.0. The van der Waals surface area contributed by atoms with E-state index in [4.69, 9.17) is 4.74 Å². The van der Waals surface area contributed by atoms with Gasteiger partial charge >= 0.3 is 0 Å². The average Bonchev–Trinajstić information content (AvgIpc) is 3.46. The van der Waals surface area contributed by atoms with E-state index < -0.39 is 0 Å². The summed E-state index contributed by atoms with van der Waals surface area (Å²) >= 11 is 1.40. The predicted octanol–water partition coefficient (Wildman–Crippen LogP) is 0.983. The van der Waals surface area contributed by atoms with E-state index in [0.29, 0.717) is 31.0 Å². The summed E-state index contributed by atoms with van der Waals surface area (Å²) in [6, 6.07) is 3.40. The Morgan fingerprint density at radius 1 is 1.41 bits per heavy atom. The van der Waals surface area contributed by atoms with Crippen LogP contribution in [0.2, 0.25) is 0 Å². The fourth-order valence-electron chi connectivity index (χ4n) is 4.82. The number of ether oxygens (including phenoxy) is 1. The number of carbonyl (C=O) groups excluding carboxylic acids is 2. The first-order valence-electron chi connectivity index (χ1n) is 9.07. The fourth-order valence-corrected chi connectivity index (χ4v) is 5.35. The van der Waals surface area contributed by atoms with Crippen LogP contribution in [0.3, 0.4) is 0 Å². The highest BCUT2D eigenvalue weighted by Crippen LogP contribution is 2.54. The maximum atomic E-state index is 12.8. The van der Waals surface area contributed by atoms with Crippen LogP contribution in [0.1, 0.15) is 33.8 Å². The molecule has 8 nitrogen and oxygen atoms in total. The van der Waals surface area contributed by atoms with E-state index in [1.54, 1.807) is 29.2 Å². The number of hydrogen-bond acceptors (Lipinski definition) is 7. The molecule has 0 radical (unpaired) electrons. The molecule has 2 amide bonds. The molecule has 5 heterocycles. The third kappa shape index (κ3) is 2.72. The summed E-state index contributed by atoms with van der Waals surface area (Å²) in [5, 5.41) is 12.5. The number of amides is 2. The Labute approximate surface area is 159 Å². The third-order valence-electron chi connectivity index (χ3n) is 6.03. The zero-order chi connectivity index (χ0) is 18.4. The third-order valence-corrected chi connectivity index (χ3v) is 6.61. The number of aromatic nitrogens is 3. The van der Waals surface area contributed by atoms with Gasteiger partial charge in [0.1, 0.15) is 5.69 Å². The Hall–Kier alpha value is -2.39. The van der Waals surface area contributed by atoms with Gasteiger partial charge in [-0.05, 0) is 25.0 Å². The molecule has 27 heavy (non-hydrogen) atoms. The number of carbonyl (C=O) groups is 2. The molecule has 1 spiro atoms. The Morgan fingerprint density at radius 3 is 3.11 bits per heavy atom. The van der Waals surface area contributed by atoms with Crippen molar-refractivity contribution in [2.45, 2.75) is 24.5 Å². The van der Waals surface area contributed by atoms with Crippen molar-refractivity contribution in [2.75, 3.05) is 19.6 Å². The largest absolute Gasteiger partial charge is 0.369 e. The van der Waals surface area contributed by atoms with Gasteiger partial charge in [-0.2, -0.15) is 5.10 Å². The molecular formula is C18H19N5O3S. The molecule has 4 atom stereocenters. The van der Waals surface area contributed by atoms with Gasteiger partial charge in [0.25, 0.3) is 11.8 Å². The number of hydrogen-bond donors (Lipinski definition) is 1. The molecule has 0 aliphatic carbocycles. The van der Waals surface area contributed by atoms with Crippen molar-refractivity contribution in [2.24, 2.45) is 11.8 Å². The first-order chi connectivity index (χ1) is 13.2. The molecule has 0 unspecified atom stereocenters. The number of thiazole rings is 1. The van der Waals surface area contributed by atoms with Crippen LogP contribution in [0, 0.1) is 11.8 Å². The van der Waals surface area contributed by atoms with Gasteiger partial charge in [0.15, 0.2) is 5.69 Å². The van der Waals surface area contributed by atoms with Gasteiger partial charge in [-0.15, -0.1) is 16.4 Å². The number of nitrogens with zero attached hydrogens (tertiary/aromatic N) is 4. The second-order valence-electron chi connectivity index (χ2n) is 7.41. The minimum absolute atomic E-state index is 0.107. The SMILES string of the molecule is O=C(NC[C@H]1[C@H]2CN(C(=O)c3cccnn3)C[C@]23CC[C@H]1O3)c1cscn1. The van der Waals surface area contributed by atoms with E-state index in [1.165, 1.54) is 11.3 Å². The molecule has 2 bridgehead atoms. The van der Waals surface area contributed by atoms with Crippen LogP contribution >= 0.6 is 11.3 Å². The van der Waals surface area contributed by atoms with Crippen molar-refractivity contribution in [3.05, 3.63) is 40.6 Å². The number of likely N-dealkylation sites (tertiary alicyclic amines) is 1. The van der Waals surface area contributed by atoms with Gasteiger partial charge in [0.05, 0.1) is 23.8 Å². The van der Waals surface area contributed by atoms with E-state index in [9.17, 15) is 9.59 Å². The number of fused-ring (bicyclic) bond motifs is 1. The van der Waals surface area contributed by atoms with Crippen LogP contribution in [0.15, 0.2) is 29.2 Å². The van der Waals surface area contributed by atoms with Crippen molar-refractivity contribution in [1.29, 1.82) is 0 Å². The van der Waals surface area contributed by atoms with E-state index in [0.717, 1.165) is 12.8 Å². The summed E-state index contributed by atoms with van der Waals surface area (Å²) in [6.45, 7) is 1.75. The van der Waals surface area contributed by atoms with Gasteiger partial charge < -0.3 is 15.0 Å². The average molecular weight is 385 g/mol. The molecule has 2 aromatic rings. The molecule has 3 fully saturated rings. The molecule has 0 saturated carbocycles. The van der Waals surface area contributed by atoms with Crippen LogP contribution in [0.5, 0.6) is 0 Å². The minimum atomic E-state index is -0.279. The summed E-state index contributed by atoms with van der Waals surface area (Å²) in [5.41, 5.74) is 2.18. The minimum Gasteiger partial charge on any atom is -0.369 e. The summed E-state index contributed by atoms with van der Waals surface area (Å²) < 4.78 is 6.34. The molecular weight excluding hydrogens is 366 g/mol. The lowest BCUT2D eigenvalue weighted by molar-refractivity contribution is 0.00310. The fraction of sp³-hybridized carbons (Fsp3) is 0.500. The van der Waals surface area contributed by atoms with Gasteiger partial charge in [0, 0.05) is 36.5 Å². The van der Waals surface area contributed by atoms with E-state index >= 15 is 0 Å². The lowest BCUT2D eigenvalue weighted by Gasteiger charge is -2.29. The highest BCUT2D eigenvalue weighted by Gasteiger charge is 2.63. The molecule has 0 aromatic carbocycles. The second kappa shape index (κ2) is 6.35. The molecule has 2 aromatic heterocycles. The zero-order valence-corrected chi connectivity index (χ0v) is 15.4. The molecule has 3 saturated heterocycles. The predicted molar refractivity (Wildman–Crippen MR) is 96.2 cm³/mol. The molecule has 3 aliphatic heterocycles. The van der Waals surface area contributed by atoms with E-state index in [2.05, 4.69) is 20.5 Å². The summed E-state index contributed by atoms with van der Waals surface area (Å²) in [5.74, 6) is 0.177. The van der Waals surface area contributed by atoms with Crippen molar-refractivity contribution >= 4 is 23.2 Å². The molecule has 5 rings (SSSR count). The van der Waals surface area contributed by atoms with Crippen molar-refractivity contribution < 1.29 is 14.3 Å². The van der Waals surface area contributed by atoms with Crippen LogP contribution in [-0.4, -0.2) is 63.2 Å². The lowest BCUT2D eigenvalue weighted by Crippen LogP contribution is -2.42. The highest BCUT2D eigenvalue weighted by molar-refractivity contribution is 7.07. The van der Waals surface area contributed by atoms with Crippen LogP contribution < -0.4 is 5.32 Å². The van der Waals surface area contributed by atoms with Gasteiger partial charge in [-0.25, -0.2) is 4.98 Å². The lowest BCUT2D eigenvalue weighted by atomic mass is 9.73. The first kappa shape index (κ1) is 16.8. The van der Waals surface area contributed by atoms with Crippen molar-refractivity contribution in [3.8, 4) is 0 Å². The second-order valence-corrected chi connectivity index (χ2v) is 8.13. The molecule has 9 heteroatoms. The topological polar surface area (TPSA) is 97.3 Å². The summed E-state index contributed by atoms with van der Waals surface area (Å²) in [4.78, 5) is 30.9. The number of nitrogens with one attached hydrogen (secondary N) is 1. The Kier molecular flexibility index (Phi) is 3.94. The molecule has 140 valence electrons. The Morgan fingerprint density at radius 2 is 2.33 bits per heavy atom. The monoisotopic (exact) mass is 385 g/mol. The standard InChI is InChI=1S/C18H19N5O3S/c24-16(14-8-27-10-20-14)19-6-11-12-7-23(9-18(12)4-3-15(11)26-18)17(25)13-2-1-5-21-22-13/h1-2,5,8,10-12,15H,3-4,6-7,9H2,(H,19,24)/t11-,12+,15+,18+/m0/s1. The number of rotatable bonds is 4. The molecule has 3 aliphatic rings. The zero-order valence-electron chi connectivity index (χ0n) is 14.6. The highest BCUT2D eigenvalue weighted by atomic mass is 32.1. The summed E-state index contributed by atoms with van der Waals surface area (Å²) in [6.07, 6.45) is 3.64. The van der Waals surface area contributed by atoms with Crippen molar-refractivity contribution in [1.82, 2.24) is 25.4 Å². The molecule has 1 N–H and O–H groups in total. The van der Waals surface area contributed by atoms with E-state index in [1.807, 2.05) is 4.90 Å². The maximum absolute atomic E-state index is 12.8.